The summed E-state index contributed by atoms with van der Waals surface area (Å²) in [5.74, 6) is 0. The molecule has 0 atom stereocenters. The van der Waals surface area contributed by atoms with Crippen molar-refractivity contribution in [2.75, 3.05) is 0 Å². The molecule has 8 heteroatoms. The van der Waals surface area contributed by atoms with Gasteiger partial charge in [0.1, 0.15) is 0 Å². The number of hydrogen-bond donors (Lipinski definition) is 0. The summed E-state index contributed by atoms with van der Waals surface area (Å²) < 4.78 is 0. The van der Waals surface area contributed by atoms with E-state index < -0.39 is 0 Å². The Morgan fingerprint density at radius 3 is 1.12 bits per heavy atom. The van der Waals surface area contributed by atoms with Gasteiger partial charge in [-0.3, -0.25) is 0 Å². The summed E-state index contributed by atoms with van der Waals surface area (Å²) in [5, 5.41) is 1.98. The van der Waals surface area contributed by atoms with Crippen molar-refractivity contribution in [1.29, 1.82) is 0 Å². The lowest BCUT2D eigenvalue weighted by Gasteiger charge is -1.91. The van der Waals surface area contributed by atoms with Crippen LogP contribution >= 0.6 is 68.0 Å². The zero-order valence-corrected chi connectivity index (χ0v) is 22.0. The fraction of sp³-hybridized carbons (Fsp3) is 0.0833. The highest BCUT2D eigenvalue weighted by Crippen LogP contribution is 2.43. The Hall–Kier alpha value is -1.94. The first-order valence-electron chi connectivity index (χ1n) is 9.88. The molecular weight excluding hydrogens is 509 g/mol. The van der Waals surface area contributed by atoms with Crippen molar-refractivity contribution in [3.8, 4) is 49.0 Å². The largest absolute Gasteiger partial charge is 0.241 e. The molecule has 0 unspecified atom stereocenters. The van der Waals surface area contributed by atoms with E-state index in [0.29, 0.717) is 0 Å². The van der Waals surface area contributed by atoms with Gasteiger partial charge in [0.25, 0.3) is 0 Å². The number of aryl methyl sites for hydroxylation is 2. The number of rotatable bonds is 5. The van der Waals surface area contributed by atoms with Crippen LogP contribution in [-0.2, 0) is 0 Å². The Labute approximate surface area is 210 Å². The molecule has 0 saturated heterocycles. The molecule has 6 rings (SSSR count). The van der Waals surface area contributed by atoms with Crippen LogP contribution in [0.3, 0.4) is 0 Å². The van der Waals surface area contributed by atoms with Crippen LogP contribution in [0.4, 0.5) is 0 Å². The molecule has 6 aromatic rings. The highest BCUT2D eigenvalue weighted by Gasteiger charge is 2.15. The van der Waals surface area contributed by atoms with Gasteiger partial charge in [0.2, 0.25) is 0 Å². The quantitative estimate of drug-likeness (QED) is 0.224. The minimum atomic E-state index is 0.990. The van der Waals surface area contributed by atoms with Crippen molar-refractivity contribution in [1.82, 2.24) is 9.97 Å². The minimum Gasteiger partial charge on any atom is -0.241 e. The standard InChI is InChI=1S/C24H16N2S6/c1-13-3-5-15(27-13)17-7-9-19(29-17)21-11-25-23(31-21)24-26-12-22(32-24)20-10-8-18(30-20)16-6-4-14(2)28-16/h3-12H,1-2H3. The van der Waals surface area contributed by atoms with Crippen molar-refractivity contribution >= 4 is 68.0 Å². The van der Waals surface area contributed by atoms with Crippen LogP contribution in [0.15, 0.2) is 60.9 Å². The first-order valence-corrected chi connectivity index (χ1v) is 14.8. The van der Waals surface area contributed by atoms with Crippen LogP contribution in [0.2, 0.25) is 0 Å². The van der Waals surface area contributed by atoms with E-state index in [0.717, 1.165) is 10.0 Å². The third kappa shape index (κ3) is 3.96. The second-order valence-electron chi connectivity index (χ2n) is 7.21. The molecule has 32 heavy (non-hydrogen) atoms. The van der Waals surface area contributed by atoms with Crippen molar-refractivity contribution < 1.29 is 0 Å². The lowest BCUT2D eigenvalue weighted by molar-refractivity contribution is 1.36. The van der Waals surface area contributed by atoms with Crippen LogP contribution in [0.1, 0.15) is 9.75 Å². The highest BCUT2D eigenvalue weighted by atomic mass is 32.1. The monoisotopic (exact) mass is 524 g/mol. The van der Waals surface area contributed by atoms with Gasteiger partial charge < -0.3 is 0 Å². The summed E-state index contributed by atoms with van der Waals surface area (Å²) in [7, 11) is 0. The molecule has 0 spiro atoms. The molecule has 0 radical (unpaired) electrons. The summed E-state index contributed by atoms with van der Waals surface area (Å²) in [4.78, 5) is 22.3. The van der Waals surface area contributed by atoms with Gasteiger partial charge in [-0.15, -0.1) is 68.0 Å². The maximum Gasteiger partial charge on any atom is 0.152 e. The van der Waals surface area contributed by atoms with E-state index in [4.69, 9.17) is 9.97 Å². The molecule has 0 fully saturated rings. The van der Waals surface area contributed by atoms with E-state index in [1.807, 2.05) is 57.7 Å². The van der Waals surface area contributed by atoms with E-state index in [2.05, 4.69) is 62.4 Å². The Kier molecular flexibility index (Phi) is 5.45. The second kappa shape index (κ2) is 8.44. The molecule has 6 heterocycles. The fourth-order valence-corrected chi connectivity index (χ4v) is 9.26. The lowest BCUT2D eigenvalue weighted by atomic mass is 10.3. The van der Waals surface area contributed by atoms with Gasteiger partial charge >= 0.3 is 0 Å². The van der Waals surface area contributed by atoms with E-state index in [1.165, 1.54) is 48.8 Å². The van der Waals surface area contributed by atoms with Crippen molar-refractivity contribution in [3.63, 3.8) is 0 Å². The van der Waals surface area contributed by atoms with Crippen LogP contribution in [0, 0.1) is 13.8 Å². The Morgan fingerprint density at radius 1 is 0.406 bits per heavy atom. The van der Waals surface area contributed by atoms with E-state index in [1.54, 1.807) is 22.7 Å². The van der Waals surface area contributed by atoms with Gasteiger partial charge in [0.05, 0.1) is 9.75 Å². The van der Waals surface area contributed by atoms with E-state index in [-0.39, 0.29) is 0 Å². The second-order valence-corrected chi connectivity index (χ2v) is 14.0. The molecular formula is C24H16N2S6. The zero-order chi connectivity index (χ0) is 21.7. The van der Waals surface area contributed by atoms with Gasteiger partial charge in [0, 0.05) is 51.4 Å². The molecule has 0 saturated carbocycles. The number of nitrogens with zero attached hydrogens (tertiary/aromatic N) is 2. The molecule has 158 valence electrons. The molecule has 0 aliphatic heterocycles. The molecule has 0 aliphatic carbocycles. The molecule has 0 aliphatic rings. The maximum atomic E-state index is 4.69. The van der Waals surface area contributed by atoms with Gasteiger partial charge in [-0.05, 0) is 62.4 Å². The van der Waals surface area contributed by atoms with Crippen LogP contribution < -0.4 is 0 Å². The van der Waals surface area contributed by atoms with Gasteiger partial charge in [0.15, 0.2) is 10.0 Å². The summed E-state index contributed by atoms with van der Waals surface area (Å²) in [6.07, 6.45) is 3.97. The SMILES string of the molecule is Cc1ccc(-c2ccc(-c3cnc(-c4ncc(-c5ccc(-c6ccc(C)s6)s5)s4)s3)s2)s1. The van der Waals surface area contributed by atoms with Crippen molar-refractivity contribution in [3.05, 3.63) is 70.7 Å². The molecule has 2 nitrogen and oxygen atoms in total. The van der Waals surface area contributed by atoms with Crippen molar-refractivity contribution in [2.24, 2.45) is 0 Å². The van der Waals surface area contributed by atoms with Crippen molar-refractivity contribution in [2.45, 2.75) is 13.8 Å². The molecule has 0 bridgehead atoms. The average Bonchev–Trinajstić information content (AvgIpc) is 3.61. The third-order valence-electron chi connectivity index (χ3n) is 4.86. The smallest absolute Gasteiger partial charge is 0.152 e. The molecule has 0 aromatic carbocycles. The minimum absolute atomic E-state index is 0.990. The first kappa shape index (κ1) is 20.7. The topological polar surface area (TPSA) is 25.8 Å². The normalized spacial score (nSPS) is 11.4. The number of thiazole rings is 2. The predicted octanol–water partition coefficient (Wildman–Crippen LogP) is 9.80. The Balaban J connectivity index is 1.24. The Morgan fingerprint density at radius 2 is 0.750 bits per heavy atom. The van der Waals surface area contributed by atoms with Crippen LogP contribution in [0.25, 0.3) is 49.0 Å². The third-order valence-corrected chi connectivity index (χ3v) is 12.0. The lowest BCUT2D eigenvalue weighted by Crippen LogP contribution is -1.68. The fourth-order valence-electron chi connectivity index (χ4n) is 3.31. The van der Waals surface area contributed by atoms with E-state index >= 15 is 0 Å². The summed E-state index contributed by atoms with van der Waals surface area (Å²) in [6, 6.07) is 17.6. The highest BCUT2D eigenvalue weighted by molar-refractivity contribution is 7.30. The molecule has 0 N–H and O–H groups in total. The van der Waals surface area contributed by atoms with Gasteiger partial charge in [-0.1, -0.05) is 0 Å². The van der Waals surface area contributed by atoms with Gasteiger partial charge in [-0.25, -0.2) is 9.97 Å². The number of hydrogen-bond acceptors (Lipinski definition) is 8. The number of thiophene rings is 4. The first-order chi connectivity index (χ1) is 15.6. The molecule has 0 amide bonds. The summed E-state index contributed by atoms with van der Waals surface area (Å²) >= 11 is 10.8. The molecule has 6 aromatic heterocycles. The summed E-state index contributed by atoms with van der Waals surface area (Å²) in [6.45, 7) is 4.31. The van der Waals surface area contributed by atoms with Crippen LogP contribution in [0.5, 0.6) is 0 Å². The van der Waals surface area contributed by atoms with Crippen LogP contribution in [-0.4, -0.2) is 9.97 Å². The Bertz CT molecular complexity index is 1400. The predicted molar refractivity (Wildman–Crippen MR) is 146 cm³/mol. The van der Waals surface area contributed by atoms with E-state index in [9.17, 15) is 0 Å². The zero-order valence-electron chi connectivity index (χ0n) is 17.1. The number of aromatic nitrogens is 2. The van der Waals surface area contributed by atoms with Gasteiger partial charge in [-0.2, -0.15) is 0 Å². The average molecular weight is 525 g/mol. The maximum absolute atomic E-state index is 4.69. The summed E-state index contributed by atoms with van der Waals surface area (Å²) in [5.41, 5.74) is 0.